The summed E-state index contributed by atoms with van der Waals surface area (Å²) in [7, 11) is 0. The number of rotatable bonds is 4. The number of hydrogen-bond acceptors (Lipinski definition) is 2. The molecule has 3 heteroatoms. The Morgan fingerprint density at radius 2 is 1.90 bits per heavy atom. The summed E-state index contributed by atoms with van der Waals surface area (Å²) in [6.07, 6.45) is 2.45. The van der Waals surface area contributed by atoms with Gasteiger partial charge in [0.05, 0.1) is 0 Å². The van der Waals surface area contributed by atoms with Crippen molar-refractivity contribution in [2.75, 3.05) is 10.6 Å². The van der Waals surface area contributed by atoms with Crippen LogP contribution < -0.4 is 10.6 Å². The van der Waals surface area contributed by atoms with Gasteiger partial charge in [0.2, 0.25) is 5.91 Å². The van der Waals surface area contributed by atoms with E-state index < -0.39 is 0 Å². The van der Waals surface area contributed by atoms with Crippen LogP contribution in [0.4, 0.5) is 11.4 Å². The van der Waals surface area contributed by atoms with Gasteiger partial charge in [0.15, 0.2) is 0 Å². The van der Waals surface area contributed by atoms with Crippen LogP contribution in [0.2, 0.25) is 0 Å². The normalized spacial score (nSPS) is 24.1. The third-order valence-corrected chi connectivity index (χ3v) is 4.34. The summed E-state index contributed by atoms with van der Waals surface area (Å²) in [6, 6.07) is 8.54. The number of anilines is 2. The van der Waals surface area contributed by atoms with Gasteiger partial charge in [-0.25, -0.2) is 0 Å². The van der Waals surface area contributed by atoms with Gasteiger partial charge in [-0.2, -0.15) is 0 Å². The maximum Gasteiger partial charge on any atom is 0.226 e. The average molecular weight is 288 g/mol. The second-order valence-corrected chi connectivity index (χ2v) is 7.53. The fraction of sp³-hybridized carbons (Fsp3) is 0.611. The summed E-state index contributed by atoms with van der Waals surface area (Å²) < 4.78 is 0. The molecule has 21 heavy (non-hydrogen) atoms. The fourth-order valence-electron chi connectivity index (χ4n) is 3.27. The minimum atomic E-state index is -0.00253. The van der Waals surface area contributed by atoms with Gasteiger partial charge in [-0.05, 0) is 42.4 Å². The van der Waals surface area contributed by atoms with Crippen LogP contribution in [0, 0.1) is 17.3 Å². The molecule has 0 aromatic heterocycles. The number of amides is 1. The zero-order valence-electron chi connectivity index (χ0n) is 13.9. The highest BCUT2D eigenvalue weighted by Gasteiger charge is 2.36. The van der Waals surface area contributed by atoms with Crippen LogP contribution in [0.15, 0.2) is 24.3 Å². The van der Waals surface area contributed by atoms with Crippen molar-refractivity contribution in [1.82, 2.24) is 0 Å². The highest BCUT2D eigenvalue weighted by atomic mass is 16.1. The van der Waals surface area contributed by atoms with Crippen molar-refractivity contribution in [3.63, 3.8) is 0 Å². The van der Waals surface area contributed by atoms with Gasteiger partial charge in [0.25, 0.3) is 0 Å². The molecule has 2 rings (SSSR count). The van der Waals surface area contributed by atoms with E-state index in [9.17, 15) is 4.79 Å². The van der Waals surface area contributed by atoms with E-state index in [1.54, 1.807) is 0 Å². The van der Waals surface area contributed by atoms with E-state index in [1.807, 2.05) is 32.0 Å². The van der Waals surface area contributed by atoms with Gasteiger partial charge in [0, 0.05) is 23.3 Å². The first-order chi connectivity index (χ1) is 9.77. The van der Waals surface area contributed by atoms with Crippen molar-refractivity contribution in [2.45, 2.75) is 53.5 Å². The van der Waals surface area contributed by atoms with Crippen LogP contribution in [0.5, 0.6) is 0 Å². The summed E-state index contributed by atoms with van der Waals surface area (Å²) in [4.78, 5) is 11.8. The number of hydrogen-bond donors (Lipinski definition) is 2. The van der Waals surface area contributed by atoms with Crippen molar-refractivity contribution in [2.24, 2.45) is 17.3 Å². The molecular formula is C18H28N2O. The van der Waals surface area contributed by atoms with Gasteiger partial charge >= 0.3 is 0 Å². The highest BCUT2D eigenvalue weighted by molar-refractivity contribution is 5.92. The molecule has 0 radical (unpaired) electrons. The Morgan fingerprint density at radius 3 is 2.48 bits per heavy atom. The van der Waals surface area contributed by atoms with Gasteiger partial charge < -0.3 is 10.6 Å². The zero-order valence-corrected chi connectivity index (χ0v) is 13.9. The van der Waals surface area contributed by atoms with E-state index >= 15 is 0 Å². The van der Waals surface area contributed by atoms with E-state index in [2.05, 4.69) is 37.5 Å². The van der Waals surface area contributed by atoms with Crippen molar-refractivity contribution >= 4 is 17.3 Å². The number of carbonyl (C=O) groups is 1. The summed E-state index contributed by atoms with van der Waals surface area (Å²) >= 11 is 0. The molecule has 2 unspecified atom stereocenters. The second-order valence-electron chi connectivity index (χ2n) is 7.53. The minimum Gasteiger partial charge on any atom is -0.382 e. The van der Waals surface area contributed by atoms with Gasteiger partial charge in [-0.15, -0.1) is 0 Å². The van der Waals surface area contributed by atoms with Crippen LogP contribution in [0.3, 0.4) is 0 Å². The lowest BCUT2D eigenvalue weighted by Crippen LogP contribution is -2.22. The molecule has 116 valence electrons. The number of nitrogens with one attached hydrogen (secondary N) is 2. The van der Waals surface area contributed by atoms with Crippen LogP contribution in [-0.2, 0) is 4.79 Å². The predicted octanol–water partition coefficient (Wildman–Crippen LogP) is 4.52. The third-order valence-electron chi connectivity index (χ3n) is 4.34. The molecule has 1 aromatic rings. The lowest BCUT2D eigenvalue weighted by atomic mass is 9.91. The van der Waals surface area contributed by atoms with Gasteiger partial charge in [-0.3, -0.25) is 4.79 Å². The molecule has 2 N–H and O–H groups in total. The van der Waals surface area contributed by atoms with Gasteiger partial charge in [-0.1, -0.05) is 40.7 Å². The summed E-state index contributed by atoms with van der Waals surface area (Å²) in [5.74, 6) is 0.730. The molecule has 0 aliphatic heterocycles. The SMILES string of the molecule is CC(C)C(=O)Nc1cccc(NC2CC(C)(C)CC2C)c1. The average Bonchev–Trinajstić information content (AvgIpc) is 2.62. The molecular weight excluding hydrogens is 260 g/mol. The third kappa shape index (κ3) is 4.23. The molecule has 1 fully saturated rings. The van der Waals surface area contributed by atoms with E-state index in [4.69, 9.17) is 0 Å². The van der Waals surface area contributed by atoms with Crippen LogP contribution >= 0.6 is 0 Å². The molecule has 0 saturated heterocycles. The quantitative estimate of drug-likeness (QED) is 0.855. The van der Waals surface area contributed by atoms with E-state index in [-0.39, 0.29) is 11.8 Å². The fourth-order valence-corrected chi connectivity index (χ4v) is 3.27. The van der Waals surface area contributed by atoms with Crippen LogP contribution in [0.1, 0.15) is 47.5 Å². The standard InChI is InChI=1S/C18H28N2O/c1-12(2)17(21)20-15-8-6-7-14(9-15)19-16-11-18(4,5)10-13(16)3/h6-9,12-13,16,19H,10-11H2,1-5H3,(H,20,21). The van der Waals surface area contributed by atoms with Crippen molar-refractivity contribution in [3.05, 3.63) is 24.3 Å². The number of carbonyl (C=O) groups excluding carboxylic acids is 1. The monoisotopic (exact) mass is 288 g/mol. The molecule has 1 saturated carbocycles. The van der Waals surface area contributed by atoms with E-state index in [1.165, 1.54) is 12.8 Å². The summed E-state index contributed by atoms with van der Waals surface area (Å²) in [6.45, 7) is 10.8. The lowest BCUT2D eigenvalue weighted by molar-refractivity contribution is -0.118. The van der Waals surface area contributed by atoms with Gasteiger partial charge in [0.1, 0.15) is 0 Å². The molecule has 0 heterocycles. The molecule has 1 aliphatic carbocycles. The predicted molar refractivity (Wildman–Crippen MR) is 89.5 cm³/mol. The van der Waals surface area contributed by atoms with Crippen LogP contribution in [-0.4, -0.2) is 11.9 Å². The molecule has 3 nitrogen and oxygen atoms in total. The molecule has 1 aliphatic rings. The largest absolute Gasteiger partial charge is 0.382 e. The van der Waals surface area contributed by atoms with Crippen molar-refractivity contribution in [1.29, 1.82) is 0 Å². The Hall–Kier alpha value is -1.51. The maximum atomic E-state index is 11.8. The summed E-state index contributed by atoms with van der Waals surface area (Å²) in [5, 5.41) is 6.59. The Morgan fingerprint density at radius 1 is 1.24 bits per heavy atom. The molecule has 2 atom stereocenters. The Balaban J connectivity index is 2.03. The Bertz CT molecular complexity index is 508. The second kappa shape index (κ2) is 6.08. The zero-order chi connectivity index (χ0) is 15.6. The molecule has 1 aromatic carbocycles. The molecule has 0 bridgehead atoms. The molecule has 0 spiro atoms. The molecule has 1 amide bonds. The topological polar surface area (TPSA) is 41.1 Å². The highest BCUT2D eigenvalue weighted by Crippen LogP contribution is 2.42. The number of benzene rings is 1. The first-order valence-electron chi connectivity index (χ1n) is 7.94. The Kier molecular flexibility index (Phi) is 4.60. The minimum absolute atomic E-state index is 0.00253. The first kappa shape index (κ1) is 15.9. The Labute approximate surface area is 128 Å². The van der Waals surface area contributed by atoms with E-state index in [0.717, 1.165) is 11.4 Å². The first-order valence-corrected chi connectivity index (χ1v) is 7.94. The van der Waals surface area contributed by atoms with Crippen molar-refractivity contribution < 1.29 is 4.79 Å². The van der Waals surface area contributed by atoms with E-state index in [0.29, 0.717) is 17.4 Å². The maximum absolute atomic E-state index is 11.8. The smallest absolute Gasteiger partial charge is 0.226 e. The summed E-state index contributed by atoms with van der Waals surface area (Å²) in [5.41, 5.74) is 2.37. The van der Waals surface area contributed by atoms with Crippen molar-refractivity contribution in [3.8, 4) is 0 Å². The van der Waals surface area contributed by atoms with Crippen LogP contribution in [0.25, 0.3) is 0 Å². The lowest BCUT2D eigenvalue weighted by Gasteiger charge is -2.20.